The Kier molecular flexibility index (Phi) is 4.77. The van der Waals surface area contributed by atoms with Crippen LogP contribution in [-0.4, -0.2) is 37.6 Å². The van der Waals surface area contributed by atoms with E-state index in [4.69, 9.17) is 11.6 Å². The molecule has 1 aliphatic heterocycles. The van der Waals surface area contributed by atoms with Crippen LogP contribution in [0.5, 0.6) is 0 Å². The third-order valence-corrected chi connectivity index (χ3v) is 3.53. The minimum Gasteiger partial charge on any atom is -0.315 e. The molecular weight excluding hydrogens is 239 g/mol. The van der Waals surface area contributed by atoms with Crippen LogP contribution in [0.25, 0.3) is 0 Å². The molecule has 1 aromatic carbocycles. The Hall–Kier alpha value is -0.640. The third kappa shape index (κ3) is 3.66. The first-order valence-electron chi connectivity index (χ1n) is 6.13. The third-order valence-electron chi connectivity index (χ3n) is 3.17. The van der Waals surface area contributed by atoms with Crippen molar-refractivity contribution in [1.82, 2.24) is 10.2 Å². The first-order valence-corrected chi connectivity index (χ1v) is 6.51. The van der Waals surface area contributed by atoms with E-state index in [-0.39, 0.29) is 5.82 Å². The van der Waals surface area contributed by atoms with Gasteiger partial charge in [-0.3, -0.25) is 0 Å². The zero-order chi connectivity index (χ0) is 12.1. The van der Waals surface area contributed by atoms with Gasteiger partial charge in [-0.1, -0.05) is 17.7 Å². The van der Waals surface area contributed by atoms with Crippen LogP contribution in [-0.2, 0) is 6.42 Å². The molecule has 0 saturated carbocycles. The first kappa shape index (κ1) is 12.8. The summed E-state index contributed by atoms with van der Waals surface area (Å²) in [4.78, 5) is 2.36. The first-order chi connectivity index (χ1) is 8.27. The lowest BCUT2D eigenvalue weighted by Gasteiger charge is -2.19. The lowest BCUT2D eigenvalue weighted by molar-refractivity contribution is 0.295. The topological polar surface area (TPSA) is 15.3 Å². The van der Waals surface area contributed by atoms with E-state index in [2.05, 4.69) is 10.2 Å². The maximum Gasteiger partial charge on any atom is 0.127 e. The van der Waals surface area contributed by atoms with E-state index in [0.717, 1.165) is 39.1 Å². The molecule has 1 heterocycles. The quantitative estimate of drug-likeness (QED) is 0.893. The van der Waals surface area contributed by atoms with Crippen molar-refractivity contribution in [2.45, 2.75) is 12.8 Å². The highest BCUT2D eigenvalue weighted by molar-refractivity contribution is 6.31. The van der Waals surface area contributed by atoms with Crippen LogP contribution in [0.1, 0.15) is 12.0 Å². The number of nitrogens with zero attached hydrogens (tertiary/aromatic N) is 1. The van der Waals surface area contributed by atoms with Crippen molar-refractivity contribution >= 4 is 11.6 Å². The Bertz CT molecular complexity index is 342. The summed E-state index contributed by atoms with van der Waals surface area (Å²) in [7, 11) is 0. The minimum absolute atomic E-state index is 0.189. The molecule has 0 aromatic heterocycles. The summed E-state index contributed by atoms with van der Waals surface area (Å²) in [5.74, 6) is -0.189. The standard InChI is InChI=1S/C13H18ClFN2/c14-12-3-1-4-13(15)11(12)5-9-17-8-2-6-16-7-10-17/h1,3-4,16H,2,5-10H2. The molecule has 1 fully saturated rings. The molecule has 0 unspecified atom stereocenters. The molecule has 1 aromatic rings. The van der Waals surface area contributed by atoms with Gasteiger partial charge in [-0.25, -0.2) is 4.39 Å². The van der Waals surface area contributed by atoms with Crippen LogP contribution in [0.15, 0.2) is 18.2 Å². The summed E-state index contributed by atoms with van der Waals surface area (Å²) in [5.41, 5.74) is 0.645. The van der Waals surface area contributed by atoms with Crippen LogP contribution < -0.4 is 5.32 Å². The van der Waals surface area contributed by atoms with Gasteiger partial charge in [-0.2, -0.15) is 0 Å². The average molecular weight is 257 g/mol. The molecule has 1 N–H and O–H groups in total. The molecule has 94 valence electrons. The largest absolute Gasteiger partial charge is 0.315 e. The van der Waals surface area contributed by atoms with Crippen molar-refractivity contribution in [3.8, 4) is 0 Å². The average Bonchev–Trinajstić information content (AvgIpc) is 2.57. The highest BCUT2D eigenvalue weighted by Gasteiger charge is 2.11. The van der Waals surface area contributed by atoms with E-state index in [1.807, 2.05) is 0 Å². The van der Waals surface area contributed by atoms with E-state index in [1.54, 1.807) is 12.1 Å². The summed E-state index contributed by atoms with van der Waals surface area (Å²) < 4.78 is 13.6. The van der Waals surface area contributed by atoms with Gasteiger partial charge in [0.1, 0.15) is 5.82 Å². The molecule has 2 nitrogen and oxygen atoms in total. The number of hydrogen-bond acceptors (Lipinski definition) is 2. The van der Waals surface area contributed by atoms with Gasteiger partial charge < -0.3 is 10.2 Å². The number of rotatable bonds is 3. The van der Waals surface area contributed by atoms with Gasteiger partial charge >= 0.3 is 0 Å². The molecule has 1 aliphatic rings. The molecule has 1 saturated heterocycles. The van der Waals surface area contributed by atoms with Crippen LogP contribution in [0.2, 0.25) is 5.02 Å². The molecule has 2 rings (SSSR count). The fourth-order valence-corrected chi connectivity index (χ4v) is 2.42. The zero-order valence-electron chi connectivity index (χ0n) is 9.88. The van der Waals surface area contributed by atoms with Gasteiger partial charge in [0, 0.05) is 30.2 Å². The van der Waals surface area contributed by atoms with Crippen LogP contribution >= 0.6 is 11.6 Å². The fourth-order valence-electron chi connectivity index (χ4n) is 2.17. The smallest absolute Gasteiger partial charge is 0.127 e. The predicted molar refractivity (Wildman–Crippen MR) is 69.0 cm³/mol. The Morgan fingerprint density at radius 3 is 3.00 bits per heavy atom. The second-order valence-electron chi connectivity index (χ2n) is 4.40. The SMILES string of the molecule is Fc1cccc(Cl)c1CCN1CCCNCC1. The van der Waals surface area contributed by atoms with Crippen molar-refractivity contribution in [2.24, 2.45) is 0 Å². The van der Waals surface area contributed by atoms with Crippen molar-refractivity contribution in [3.63, 3.8) is 0 Å². The summed E-state index contributed by atoms with van der Waals surface area (Å²) in [6.45, 7) is 5.09. The number of halogens is 2. The lowest BCUT2D eigenvalue weighted by atomic mass is 10.1. The van der Waals surface area contributed by atoms with Crippen LogP contribution in [0, 0.1) is 5.82 Å². The van der Waals surface area contributed by atoms with Crippen molar-refractivity contribution in [1.29, 1.82) is 0 Å². The molecule has 0 bridgehead atoms. The van der Waals surface area contributed by atoms with E-state index in [0.29, 0.717) is 17.0 Å². The number of benzene rings is 1. The summed E-state index contributed by atoms with van der Waals surface area (Å²) in [5, 5.41) is 3.90. The monoisotopic (exact) mass is 256 g/mol. The molecule has 17 heavy (non-hydrogen) atoms. The number of nitrogens with one attached hydrogen (secondary N) is 1. The fraction of sp³-hybridized carbons (Fsp3) is 0.538. The van der Waals surface area contributed by atoms with E-state index < -0.39 is 0 Å². The molecule has 0 atom stereocenters. The van der Waals surface area contributed by atoms with Crippen molar-refractivity contribution in [2.75, 3.05) is 32.7 Å². The molecule has 0 radical (unpaired) electrons. The normalized spacial score (nSPS) is 18.0. The predicted octanol–water partition coefficient (Wildman–Crippen LogP) is 2.32. The maximum absolute atomic E-state index is 13.6. The molecule has 0 aliphatic carbocycles. The molecular formula is C13H18ClFN2. The summed E-state index contributed by atoms with van der Waals surface area (Å²) in [6.07, 6.45) is 1.84. The van der Waals surface area contributed by atoms with Crippen molar-refractivity contribution < 1.29 is 4.39 Å². The molecule has 4 heteroatoms. The highest BCUT2D eigenvalue weighted by Crippen LogP contribution is 2.19. The van der Waals surface area contributed by atoms with Gasteiger partial charge in [-0.05, 0) is 38.1 Å². The molecule has 0 amide bonds. The minimum atomic E-state index is -0.189. The van der Waals surface area contributed by atoms with Gasteiger partial charge in [0.15, 0.2) is 0 Å². The van der Waals surface area contributed by atoms with Crippen molar-refractivity contribution in [3.05, 3.63) is 34.6 Å². The zero-order valence-corrected chi connectivity index (χ0v) is 10.6. The van der Waals surface area contributed by atoms with Crippen LogP contribution in [0.3, 0.4) is 0 Å². The van der Waals surface area contributed by atoms with E-state index in [1.165, 1.54) is 6.07 Å². The second kappa shape index (κ2) is 6.34. The van der Waals surface area contributed by atoms with Gasteiger partial charge in [0.25, 0.3) is 0 Å². The van der Waals surface area contributed by atoms with Crippen LogP contribution in [0.4, 0.5) is 4.39 Å². The van der Waals surface area contributed by atoms with Gasteiger partial charge in [0.05, 0.1) is 0 Å². The Labute approximate surface area is 107 Å². The highest BCUT2D eigenvalue weighted by atomic mass is 35.5. The number of hydrogen-bond donors (Lipinski definition) is 1. The Balaban J connectivity index is 1.92. The van der Waals surface area contributed by atoms with Gasteiger partial charge in [-0.15, -0.1) is 0 Å². The Morgan fingerprint density at radius 2 is 2.18 bits per heavy atom. The maximum atomic E-state index is 13.6. The lowest BCUT2D eigenvalue weighted by Crippen LogP contribution is -2.30. The Morgan fingerprint density at radius 1 is 1.29 bits per heavy atom. The van der Waals surface area contributed by atoms with Gasteiger partial charge in [0.2, 0.25) is 0 Å². The molecule has 0 spiro atoms. The van der Waals surface area contributed by atoms with E-state index in [9.17, 15) is 4.39 Å². The summed E-state index contributed by atoms with van der Waals surface area (Å²) in [6, 6.07) is 4.88. The second-order valence-corrected chi connectivity index (χ2v) is 4.80. The van der Waals surface area contributed by atoms with E-state index >= 15 is 0 Å². The summed E-state index contributed by atoms with van der Waals surface area (Å²) >= 11 is 6.01.